The van der Waals surface area contributed by atoms with Gasteiger partial charge in [-0.15, -0.1) is 0 Å². The summed E-state index contributed by atoms with van der Waals surface area (Å²) >= 11 is -0.148. The van der Waals surface area contributed by atoms with Gasteiger partial charge >= 0.3 is 5.51 Å². The van der Waals surface area contributed by atoms with Crippen LogP contribution in [0.3, 0.4) is 0 Å². The average Bonchev–Trinajstić information content (AvgIpc) is 2.61. The molecule has 3 rings (SSSR count). The maximum absolute atomic E-state index is 12.6. The monoisotopic (exact) mass is 390 g/mol. The zero-order valence-corrected chi connectivity index (χ0v) is 15.2. The van der Waals surface area contributed by atoms with Crippen LogP contribution in [0.5, 0.6) is 0 Å². The van der Waals surface area contributed by atoms with Gasteiger partial charge in [-0.25, -0.2) is 4.98 Å². The number of halogens is 3. The smallest absolute Gasteiger partial charge is 0.354 e. The predicted octanol–water partition coefficient (Wildman–Crippen LogP) is 5.93. The predicted molar refractivity (Wildman–Crippen MR) is 103 cm³/mol. The highest BCUT2D eigenvalue weighted by Crippen LogP contribution is 2.37. The molecule has 1 heterocycles. The lowest BCUT2D eigenvalue weighted by atomic mass is 10.1. The Morgan fingerprint density at radius 1 is 0.963 bits per heavy atom. The van der Waals surface area contributed by atoms with Crippen molar-refractivity contribution in [3.8, 4) is 11.3 Å². The first-order chi connectivity index (χ1) is 12.9. The lowest BCUT2D eigenvalue weighted by Crippen LogP contribution is -2.05. The normalized spacial score (nSPS) is 11.3. The first kappa shape index (κ1) is 19.0. The quantitative estimate of drug-likeness (QED) is 0.511. The molecule has 0 saturated carbocycles. The number of hydrogen-bond donors (Lipinski definition) is 2. The van der Waals surface area contributed by atoms with Crippen molar-refractivity contribution in [3.05, 3.63) is 60.7 Å². The number of aromatic nitrogens is 2. The molecular formula is C19H17F3N4S. The molecular weight excluding hydrogens is 373 g/mol. The Bertz CT molecular complexity index is 901. The highest BCUT2D eigenvalue weighted by Gasteiger charge is 2.29. The number of hydrogen-bond acceptors (Lipinski definition) is 5. The van der Waals surface area contributed by atoms with Crippen molar-refractivity contribution in [2.45, 2.75) is 17.3 Å². The van der Waals surface area contributed by atoms with Crippen LogP contribution in [0.25, 0.3) is 11.3 Å². The van der Waals surface area contributed by atoms with E-state index in [0.29, 0.717) is 29.7 Å². The summed E-state index contributed by atoms with van der Waals surface area (Å²) < 4.78 is 37.8. The molecule has 2 N–H and O–H groups in total. The van der Waals surface area contributed by atoms with E-state index in [1.54, 1.807) is 18.2 Å². The van der Waals surface area contributed by atoms with Crippen molar-refractivity contribution >= 4 is 29.2 Å². The lowest BCUT2D eigenvalue weighted by Gasteiger charge is -2.12. The highest BCUT2D eigenvalue weighted by atomic mass is 32.2. The second kappa shape index (κ2) is 8.30. The van der Waals surface area contributed by atoms with E-state index >= 15 is 0 Å². The van der Waals surface area contributed by atoms with Crippen molar-refractivity contribution in [1.29, 1.82) is 0 Å². The molecule has 8 heteroatoms. The van der Waals surface area contributed by atoms with Gasteiger partial charge in [0.25, 0.3) is 0 Å². The molecule has 0 unspecified atom stereocenters. The van der Waals surface area contributed by atoms with Gasteiger partial charge in [-0.05, 0) is 36.9 Å². The van der Waals surface area contributed by atoms with E-state index in [1.807, 2.05) is 37.3 Å². The topological polar surface area (TPSA) is 49.8 Å². The van der Waals surface area contributed by atoms with Crippen LogP contribution >= 0.6 is 11.8 Å². The van der Waals surface area contributed by atoms with Gasteiger partial charge in [0.1, 0.15) is 5.82 Å². The molecule has 4 nitrogen and oxygen atoms in total. The number of thioether (sulfide) groups is 1. The molecule has 0 radical (unpaired) electrons. The number of rotatable bonds is 6. The van der Waals surface area contributed by atoms with E-state index in [-0.39, 0.29) is 16.7 Å². The third-order valence-corrected chi connectivity index (χ3v) is 4.19. The van der Waals surface area contributed by atoms with Crippen molar-refractivity contribution in [2.24, 2.45) is 0 Å². The van der Waals surface area contributed by atoms with Crippen molar-refractivity contribution in [2.75, 3.05) is 17.2 Å². The zero-order chi connectivity index (χ0) is 19.3. The molecule has 0 aliphatic carbocycles. The Morgan fingerprint density at radius 2 is 1.74 bits per heavy atom. The van der Waals surface area contributed by atoms with Gasteiger partial charge in [0.15, 0.2) is 0 Å². The van der Waals surface area contributed by atoms with Crippen LogP contribution in [0, 0.1) is 0 Å². The van der Waals surface area contributed by atoms with Crippen LogP contribution in [0.15, 0.2) is 65.6 Å². The molecule has 0 atom stereocenters. The van der Waals surface area contributed by atoms with Crippen LogP contribution in [-0.4, -0.2) is 22.0 Å². The lowest BCUT2D eigenvalue weighted by molar-refractivity contribution is -0.0328. The van der Waals surface area contributed by atoms with Gasteiger partial charge in [0.2, 0.25) is 5.95 Å². The van der Waals surface area contributed by atoms with E-state index < -0.39 is 5.51 Å². The fraction of sp³-hybridized carbons (Fsp3) is 0.158. The molecule has 2 aromatic carbocycles. The first-order valence-corrected chi connectivity index (χ1v) is 9.06. The molecule has 140 valence electrons. The van der Waals surface area contributed by atoms with Gasteiger partial charge in [0.05, 0.1) is 5.69 Å². The first-order valence-electron chi connectivity index (χ1n) is 8.24. The van der Waals surface area contributed by atoms with Crippen LogP contribution in [0.2, 0.25) is 0 Å². The van der Waals surface area contributed by atoms with Crippen molar-refractivity contribution in [1.82, 2.24) is 9.97 Å². The molecule has 0 aliphatic rings. The van der Waals surface area contributed by atoms with E-state index in [9.17, 15) is 13.2 Å². The zero-order valence-electron chi connectivity index (χ0n) is 14.4. The van der Waals surface area contributed by atoms with Gasteiger partial charge in [-0.1, -0.05) is 36.4 Å². The molecule has 3 aromatic rings. The summed E-state index contributed by atoms with van der Waals surface area (Å²) in [5.41, 5.74) is -2.18. The van der Waals surface area contributed by atoms with Gasteiger partial charge < -0.3 is 10.6 Å². The molecule has 0 spiro atoms. The fourth-order valence-corrected chi connectivity index (χ4v) is 3.02. The highest BCUT2D eigenvalue weighted by molar-refractivity contribution is 8.00. The number of benzene rings is 2. The second-order valence-electron chi connectivity index (χ2n) is 5.56. The molecule has 0 amide bonds. The van der Waals surface area contributed by atoms with Crippen LogP contribution in [-0.2, 0) is 0 Å². The summed E-state index contributed by atoms with van der Waals surface area (Å²) in [5.74, 6) is 0.941. The maximum atomic E-state index is 12.6. The number of anilines is 3. The maximum Gasteiger partial charge on any atom is 0.446 e. The van der Waals surface area contributed by atoms with E-state index in [2.05, 4.69) is 20.6 Å². The van der Waals surface area contributed by atoms with Crippen LogP contribution in [0.1, 0.15) is 6.92 Å². The average molecular weight is 390 g/mol. The molecule has 0 saturated heterocycles. The Labute approximate surface area is 159 Å². The fourth-order valence-electron chi connectivity index (χ4n) is 2.42. The number of nitrogens with zero attached hydrogens (tertiary/aromatic N) is 2. The van der Waals surface area contributed by atoms with Crippen molar-refractivity contribution in [3.63, 3.8) is 0 Å². The van der Waals surface area contributed by atoms with Crippen molar-refractivity contribution < 1.29 is 13.2 Å². The third-order valence-electron chi connectivity index (χ3n) is 3.47. The Kier molecular flexibility index (Phi) is 5.85. The summed E-state index contributed by atoms with van der Waals surface area (Å²) in [6, 6.07) is 17.5. The van der Waals surface area contributed by atoms with E-state index in [1.165, 1.54) is 12.1 Å². The number of alkyl halides is 3. The number of nitrogens with one attached hydrogen (secondary N) is 2. The summed E-state index contributed by atoms with van der Waals surface area (Å²) in [7, 11) is 0. The SMILES string of the molecule is CCNc1nc(Nc2cccc(SC(F)(F)F)c2)cc(-c2ccccc2)n1. The summed E-state index contributed by atoms with van der Waals surface area (Å²) in [6.45, 7) is 2.58. The molecule has 0 fully saturated rings. The minimum absolute atomic E-state index is 0.108. The van der Waals surface area contributed by atoms with Gasteiger partial charge in [0, 0.05) is 28.8 Å². The summed E-state index contributed by atoms with van der Waals surface area (Å²) in [4.78, 5) is 8.98. The van der Waals surface area contributed by atoms with E-state index in [4.69, 9.17) is 0 Å². The molecule has 27 heavy (non-hydrogen) atoms. The largest absolute Gasteiger partial charge is 0.446 e. The Morgan fingerprint density at radius 3 is 2.44 bits per heavy atom. The summed E-state index contributed by atoms with van der Waals surface area (Å²) in [5, 5.41) is 6.14. The molecule has 0 aliphatic heterocycles. The van der Waals surface area contributed by atoms with Crippen LogP contribution < -0.4 is 10.6 Å². The van der Waals surface area contributed by atoms with E-state index in [0.717, 1.165) is 5.56 Å². The minimum Gasteiger partial charge on any atom is -0.354 e. The second-order valence-corrected chi connectivity index (χ2v) is 6.70. The Hall–Kier alpha value is -2.74. The summed E-state index contributed by atoms with van der Waals surface area (Å²) in [6.07, 6.45) is 0. The Balaban J connectivity index is 1.90. The molecule has 1 aromatic heterocycles. The minimum atomic E-state index is -4.33. The standard InChI is InChI=1S/C19H17F3N4S/c1-2-23-18-25-16(13-7-4-3-5-8-13)12-17(26-18)24-14-9-6-10-15(11-14)27-19(20,21)22/h3-12H,2H2,1H3,(H2,23,24,25,26). The third kappa shape index (κ3) is 5.62. The van der Waals surface area contributed by atoms with Gasteiger partial charge in [-0.3, -0.25) is 0 Å². The molecule has 0 bridgehead atoms. The van der Waals surface area contributed by atoms with Crippen LogP contribution in [0.4, 0.5) is 30.6 Å². The van der Waals surface area contributed by atoms with Gasteiger partial charge in [-0.2, -0.15) is 18.2 Å².